The first-order chi connectivity index (χ1) is 10.5. The van der Waals surface area contributed by atoms with Gasteiger partial charge in [-0.2, -0.15) is 0 Å². The lowest BCUT2D eigenvalue weighted by Gasteiger charge is -2.06. The van der Waals surface area contributed by atoms with Crippen molar-refractivity contribution in [3.05, 3.63) is 67.7 Å². The lowest BCUT2D eigenvalue weighted by molar-refractivity contribution is -0.111. The van der Waals surface area contributed by atoms with Gasteiger partial charge in [-0.05, 0) is 63.9 Å². The minimum Gasteiger partial charge on any atom is -0.322 e. The predicted molar refractivity (Wildman–Crippen MR) is 105 cm³/mol. The minimum atomic E-state index is -0.131. The van der Waals surface area contributed by atoms with Crippen molar-refractivity contribution in [1.29, 1.82) is 0 Å². The van der Waals surface area contributed by atoms with Crippen molar-refractivity contribution in [2.75, 3.05) is 5.32 Å². The van der Waals surface area contributed by atoms with E-state index in [2.05, 4.69) is 69.8 Å². The van der Waals surface area contributed by atoms with Crippen LogP contribution in [0.5, 0.6) is 0 Å². The van der Waals surface area contributed by atoms with Gasteiger partial charge in [-0.15, -0.1) is 0 Å². The van der Waals surface area contributed by atoms with E-state index in [-0.39, 0.29) is 5.91 Å². The van der Waals surface area contributed by atoms with Crippen LogP contribution in [0.15, 0.2) is 53.0 Å². The highest BCUT2D eigenvalue weighted by atomic mass is 127. The molecule has 1 amide bonds. The SMILES string of the molecule is CC(C)c1ccc(C=CC(=O)Nc2ccc(Br)cc2I)cc1. The third-order valence-electron chi connectivity index (χ3n) is 3.22. The maximum atomic E-state index is 12.0. The lowest BCUT2D eigenvalue weighted by Crippen LogP contribution is -2.08. The van der Waals surface area contributed by atoms with Crippen LogP contribution in [-0.2, 0) is 4.79 Å². The molecule has 0 radical (unpaired) electrons. The van der Waals surface area contributed by atoms with Gasteiger partial charge in [-0.3, -0.25) is 4.79 Å². The molecule has 0 heterocycles. The Labute approximate surface area is 153 Å². The zero-order valence-electron chi connectivity index (χ0n) is 12.4. The first kappa shape index (κ1) is 17.2. The fourth-order valence-electron chi connectivity index (χ4n) is 1.93. The van der Waals surface area contributed by atoms with E-state index in [0.29, 0.717) is 5.92 Å². The van der Waals surface area contributed by atoms with Crippen molar-refractivity contribution in [1.82, 2.24) is 0 Å². The molecule has 114 valence electrons. The molecular weight excluding hydrogens is 453 g/mol. The fraction of sp³-hybridized carbons (Fsp3) is 0.167. The van der Waals surface area contributed by atoms with E-state index in [0.717, 1.165) is 19.3 Å². The van der Waals surface area contributed by atoms with Gasteiger partial charge in [0.15, 0.2) is 0 Å². The summed E-state index contributed by atoms with van der Waals surface area (Å²) in [6.45, 7) is 4.33. The number of rotatable bonds is 4. The van der Waals surface area contributed by atoms with Crippen LogP contribution >= 0.6 is 38.5 Å². The smallest absolute Gasteiger partial charge is 0.248 e. The molecule has 0 aliphatic heterocycles. The molecule has 2 aromatic carbocycles. The Hall–Kier alpha value is -1.14. The van der Waals surface area contributed by atoms with Crippen molar-refractivity contribution in [3.8, 4) is 0 Å². The van der Waals surface area contributed by atoms with Gasteiger partial charge in [0, 0.05) is 14.1 Å². The van der Waals surface area contributed by atoms with Crippen molar-refractivity contribution >= 4 is 56.2 Å². The summed E-state index contributed by atoms with van der Waals surface area (Å²) < 4.78 is 1.99. The van der Waals surface area contributed by atoms with Gasteiger partial charge in [-0.25, -0.2) is 0 Å². The third-order valence-corrected chi connectivity index (χ3v) is 4.61. The highest BCUT2D eigenvalue weighted by Crippen LogP contribution is 2.22. The normalized spacial score (nSPS) is 11.1. The minimum absolute atomic E-state index is 0.131. The Kier molecular flexibility index (Phi) is 6.20. The second-order valence-electron chi connectivity index (χ2n) is 5.27. The average Bonchev–Trinajstić information content (AvgIpc) is 2.48. The van der Waals surface area contributed by atoms with Crippen LogP contribution in [0.25, 0.3) is 6.08 Å². The highest BCUT2D eigenvalue weighted by Gasteiger charge is 2.03. The third kappa shape index (κ3) is 4.95. The molecular formula is C18H17BrINO. The molecule has 0 fully saturated rings. The molecule has 22 heavy (non-hydrogen) atoms. The Morgan fingerprint density at radius 2 is 1.86 bits per heavy atom. The van der Waals surface area contributed by atoms with Crippen LogP contribution in [0.1, 0.15) is 30.9 Å². The number of hydrogen-bond acceptors (Lipinski definition) is 1. The van der Waals surface area contributed by atoms with Gasteiger partial charge in [0.2, 0.25) is 5.91 Å². The van der Waals surface area contributed by atoms with Crippen LogP contribution in [0.4, 0.5) is 5.69 Å². The second kappa shape index (κ2) is 7.92. The quantitative estimate of drug-likeness (QED) is 0.443. The molecule has 2 aromatic rings. The number of carbonyl (C=O) groups excluding carboxylic acids is 1. The summed E-state index contributed by atoms with van der Waals surface area (Å²) >= 11 is 5.61. The molecule has 1 N–H and O–H groups in total. The molecule has 0 aliphatic carbocycles. The number of carbonyl (C=O) groups is 1. The first-order valence-corrected chi connectivity index (χ1v) is 8.87. The molecule has 0 aromatic heterocycles. The molecule has 0 unspecified atom stereocenters. The predicted octanol–water partition coefficient (Wildman–Crippen LogP) is 5.83. The lowest BCUT2D eigenvalue weighted by atomic mass is 10.0. The summed E-state index contributed by atoms with van der Waals surface area (Å²) in [5, 5.41) is 2.88. The van der Waals surface area contributed by atoms with Crippen molar-refractivity contribution < 1.29 is 4.79 Å². The molecule has 2 rings (SSSR count). The van der Waals surface area contributed by atoms with Crippen molar-refractivity contribution in [2.45, 2.75) is 19.8 Å². The molecule has 4 heteroatoms. The zero-order chi connectivity index (χ0) is 16.1. The van der Waals surface area contributed by atoms with Crippen molar-refractivity contribution in [3.63, 3.8) is 0 Å². The topological polar surface area (TPSA) is 29.1 Å². The Balaban J connectivity index is 2.01. The summed E-state index contributed by atoms with van der Waals surface area (Å²) in [6.07, 6.45) is 3.38. The molecule has 0 bridgehead atoms. The number of benzene rings is 2. The van der Waals surface area contributed by atoms with E-state index in [4.69, 9.17) is 0 Å². The highest BCUT2D eigenvalue weighted by molar-refractivity contribution is 14.1. The van der Waals surface area contributed by atoms with E-state index in [9.17, 15) is 4.79 Å². The molecule has 2 nitrogen and oxygen atoms in total. The fourth-order valence-corrected chi connectivity index (χ4v) is 3.37. The first-order valence-electron chi connectivity index (χ1n) is 7.00. The summed E-state index contributed by atoms with van der Waals surface area (Å²) in [7, 11) is 0. The van der Waals surface area contributed by atoms with Gasteiger partial charge in [0.1, 0.15) is 0 Å². The van der Waals surface area contributed by atoms with Crippen LogP contribution < -0.4 is 5.32 Å². The summed E-state index contributed by atoms with van der Waals surface area (Å²) in [6, 6.07) is 14.0. The number of amides is 1. The molecule has 0 spiro atoms. The largest absolute Gasteiger partial charge is 0.322 e. The average molecular weight is 470 g/mol. The van der Waals surface area contributed by atoms with E-state index < -0.39 is 0 Å². The van der Waals surface area contributed by atoms with Gasteiger partial charge in [0.05, 0.1) is 5.69 Å². The van der Waals surface area contributed by atoms with E-state index in [1.165, 1.54) is 5.56 Å². The Morgan fingerprint density at radius 1 is 1.18 bits per heavy atom. The number of hydrogen-bond donors (Lipinski definition) is 1. The molecule has 0 saturated heterocycles. The van der Waals surface area contributed by atoms with E-state index in [1.54, 1.807) is 6.08 Å². The number of halogens is 2. The van der Waals surface area contributed by atoms with Gasteiger partial charge >= 0.3 is 0 Å². The maximum absolute atomic E-state index is 12.0. The van der Waals surface area contributed by atoms with Crippen LogP contribution in [0.2, 0.25) is 0 Å². The number of anilines is 1. The van der Waals surface area contributed by atoms with Gasteiger partial charge < -0.3 is 5.32 Å². The summed E-state index contributed by atoms with van der Waals surface area (Å²) in [4.78, 5) is 12.0. The molecule has 0 atom stereocenters. The summed E-state index contributed by atoms with van der Waals surface area (Å²) in [5.74, 6) is 0.383. The van der Waals surface area contributed by atoms with E-state index >= 15 is 0 Å². The Bertz CT molecular complexity index is 693. The second-order valence-corrected chi connectivity index (χ2v) is 7.35. The standard InChI is InChI=1S/C18H17BrINO/c1-12(2)14-6-3-13(4-7-14)5-10-18(22)21-17-9-8-15(19)11-16(17)20/h3-12H,1-2H3,(H,21,22). The van der Waals surface area contributed by atoms with Crippen LogP contribution in [-0.4, -0.2) is 5.91 Å². The Morgan fingerprint density at radius 3 is 2.45 bits per heavy atom. The zero-order valence-corrected chi connectivity index (χ0v) is 16.2. The van der Waals surface area contributed by atoms with Crippen LogP contribution in [0.3, 0.4) is 0 Å². The van der Waals surface area contributed by atoms with E-state index in [1.807, 2.05) is 36.4 Å². The van der Waals surface area contributed by atoms with Gasteiger partial charge in [0.25, 0.3) is 0 Å². The monoisotopic (exact) mass is 469 g/mol. The summed E-state index contributed by atoms with van der Waals surface area (Å²) in [5.41, 5.74) is 3.13. The number of nitrogens with one attached hydrogen (secondary N) is 1. The van der Waals surface area contributed by atoms with Crippen LogP contribution in [0, 0.1) is 3.57 Å². The molecule has 0 aliphatic rings. The van der Waals surface area contributed by atoms with Crippen molar-refractivity contribution in [2.24, 2.45) is 0 Å². The van der Waals surface area contributed by atoms with Gasteiger partial charge in [-0.1, -0.05) is 54.0 Å². The maximum Gasteiger partial charge on any atom is 0.248 e. The molecule has 0 saturated carbocycles.